The molecule has 0 radical (unpaired) electrons. The van der Waals surface area contributed by atoms with Gasteiger partial charge in [-0.15, -0.1) is 11.3 Å². The van der Waals surface area contributed by atoms with Crippen LogP contribution >= 0.6 is 22.9 Å². The van der Waals surface area contributed by atoms with Gasteiger partial charge in [-0.3, -0.25) is 9.20 Å². The number of alkyl halides is 3. The van der Waals surface area contributed by atoms with Crippen LogP contribution in [0.4, 0.5) is 13.2 Å². The Balaban J connectivity index is 1.31. The molecule has 166 valence electrons. The largest absolute Gasteiger partial charge is 0.492 e. The molecule has 0 saturated carbocycles. The number of hydrogen-bond donors (Lipinski definition) is 1. The van der Waals surface area contributed by atoms with Gasteiger partial charge < -0.3 is 10.1 Å². The van der Waals surface area contributed by atoms with Gasteiger partial charge in [-0.25, -0.2) is 4.98 Å². The molecule has 2 aromatic carbocycles. The van der Waals surface area contributed by atoms with E-state index in [1.165, 1.54) is 23.5 Å². The van der Waals surface area contributed by atoms with E-state index < -0.39 is 11.7 Å². The van der Waals surface area contributed by atoms with Crippen LogP contribution in [-0.4, -0.2) is 28.4 Å². The molecule has 1 N–H and O–H groups in total. The molecule has 32 heavy (non-hydrogen) atoms. The summed E-state index contributed by atoms with van der Waals surface area (Å²) in [7, 11) is 0. The van der Waals surface area contributed by atoms with Crippen LogP contribution in [0.5, 0.6) is 5.75 Å². The second kappa shape index (κ2) is 9.22. The van der Waals surface area contributed by atoms with Crippen LogP contribution in [0, 0.1) is 0 Å². The monoisotopic (exact) mass is 479 g/mol. The van der Waals surface area contributed by atoms with Crippen LogP contribution in [0.3, 0.4) is 0 Å². The van der Waals surface area contributed by atoms with Crippen molar-refractivity contribution in [2.75, 3.05) is 13.2 Å². The number of carbonyl (C=O) groups is 1. The van der Waals surface area contributed by atoms with Crippen molar-refractivity contribution in [3.05, 3.63) is 76.4 Å². The summed E-state index contributed by atoms with van der Waals surface area (Å²) in [6.07, 6.45) is -2.42. The molecule has 0 atom stereocenters. The van der Waals surface area contributed by atoms with Crippen LogP contribution < -0.4 is 10.1 Å². The zero-order valence-corrected chi connectivity index (χ0v) is 18.1. The first kappa shape index (κ1) is 22.2. The maximum atomic E-state index is 12.7. The Kier molecular flexibility index (Phi) is 6.38. The predicted molar refractivity (Wildman–Crippen MR) is 117 cm³/mol. The molecule has 0 spiro atoms. The molecule has 0 aliphatic rings. The van der Waals surface area contributed by atoms with Gasteiger partial charge in [0, 0.05) is 27.9 Å². The van der Waals surface area contributed by atoms with Gasteiger partial charge in [0.15, 0.2) is 4.96 Å². The molecule has 0 aliphatic heterocycles. The summed E-state index contributed by atoms with van der Waals surface area (Å²) in [5, 5.41) is 5.23. The topological polar surface area (TPSA) is 55.6 Å². The Bertz CT molecular complexity index is 1240. The highest BCUT2D eigenvalue weighted by atomic mass is 35.5. The fourth-order valence-electron chi connectivity index (χ4n) is 3.06. The van der Waals surface area contributed by atoms with Gasteiger partial charge >= 0.3 is 6.18 Å². The molecule has 2 heterocycles. The third-order valence-electron chi connectivity index (χ3n) is 4.62. The second-order valence-corrected chi connectivity index (χ2v) is 8.19. The van der Waals surface area contributed by atoms with Crippen molar-refractivity contribution < 1.29 is 22.7 Å². The first-order valence-electron chi connectivity index (χ1n) is 9.58. The van der Waals surface area contributed by atoms with Crippen molar-refractivity contribution in [2.24, 2.45) is 0 Å². The number of ether oxygens (including phenoxy) is 1. The summed E-state index contributed by atoms with van der Waals surface area (Å²) in [6, 6.07) is 12.0. The zero-order chi connectivity index (χ0) is 22.7. The molecule has 0 saturated heterocycles. The number of halogens is 4. The zero-order valence-electron chi connectivity index (χ0n) is 16.5. The summed E-state index contributed by atoms with van der Waals surface area (Å²) in [5.41, 5.74) is 1.71. The fraction of sp³-hybridized carbons (Fsp3) is 0.182. The van der Waals surface area contributed by atoms with Crippen LogP contribution in [0.15, 0.2) is 60.1 Å². The van der Waals surface area contributed by atoms with Gasteiger partial charge in [-0.05, 0) is 30.3 Å². The first-order chi connectivity index (χ1) is 15.3. The Morgan fingerprint density at radius 1 is 1.19 bits per heavy atom. The van der Waals surface area contributed by atoms with E-state index in [4.69, 9.17) is 16.3 Å². The Morgan fingerprint density at radius 2 is 1.97 bits per heavy atom. The van der Waals surface area contributed by atoms with Gasteiger partial charge in [0.05, 0.1) is 24.2 Å². The van der Waals surface area contributed by atoms with Crippen molar-refractivity contribution in [3.8, 4) is 17.0 Å². The number of aromatic nitrogens is 2. The fourth-order valence-corrected chi connectivity index (χ4v) is 4.06. The number of fused-ring (bicyclic) bond motifs is 1. The molecule has 5 nitrogen and oxygen atoms in total. The predicted octanol–water partition coefficient (Wildman–Crippen LogP) is 5.47. The molecule has 0 bridgehead atoms. The van der Waals surface area contributed by atoms with Crippen LogP contribution in [-0.2, 0) is 17.4 Å². The highest BCUT2D eigenvalue weighted by molar-refractivity contribution is 7.15. The number of benzene rings is 2. The molecule has 4 rings (SSSR count). The highest BCUT2D eigenvalue weighted by Gasteiger charge is 2.30. The first-order valence-corrected chi connectivity index (χ1v) is 10.8. The third-order valence-corrected chi connectivity index (χ3v) is 5.76. The number of nitrogens with zero attached hydrogens (tertiary/aromatic N) is 2. The normalized spacial score (nSPS) is 11.6. The van der Waals surface area contributed by atoms with E-state index in [-0.39, 0.29) is 31.2 Å². The van der Waals surface area contributed by atoms with Crippen molar-refractivity contribution in [1.82, 2.24) is 14.7 Å². The highest BCUT2D eigenvalue weighted by Crippen LogP contribution is 2.31. The Morgan fingerprint density at radius 3 is 2.72 bits per heavy atom. The number of carbonyl (C=O) groups excluding carboxylic acids is 1. The second-order valence-electron chi connectivity index (χ2n) is 6.91. The van der Waals surface area contributed by atoms with E-state index in [2.05, 4.69) is 10.3 Å². The van der Waals surface area contributed by atoms with Crippen LogP contribution in [0.1, 0.15) is 11.3 Å². The smallest absolute Gasteiger partial charge is 0.416 e. The number of rotatable bonds is 7. The summed E-state index contributed by atoms with van der Waals surface area (Å²) in [4.78, 5) is 17.7. The lowest BCUT2D eigenvalue weighted by atomic mass is 10.2. The van der Waals surface area contributed by atoms with Crippen molar-refractivity contribution in [2.45, 2.75) is 12.6 Å². The minimum Gasteiger partial charge on any atom is -0.492 e. The Hall–Kier alpha value is -3.04. The summed E-state index contributed by atoms with van der Waals surface area (Å²) < 4.78 is 45.4. The van der Waals surface area contributed by atoms with E-state index in [1.807, 2.05) is 28.1 Å². The van der Waals surface area contributed by atoms with E-state index in [9.17, 15) is 18.0 Å². The number of hydrogen-bond acceptors (Lipinski definition) is 4. The lowest BCUT2D eigenvalue weighted by Gasteiger charge is -2.10. The van der Waals surface area contributed by atoms with Gasteiger partial charge in [0.25, 0.3) is 0 Å². The summed E-state index contributed by atoms with van der Waals surface area (Å²) in [6.45, 7) is 0.222. The van der Waals surface area contributed by atoms with Gasteiger partial charge in [-0.1, -0.05) is 29.8 Å². The minimum atomic E-state index is -4.43. The summed E-state index contributed by atoms with van der Waals surface area (Å²) >= 11 is 7.36. The van der Waals surface area contributed by atoms with Crippen molar-refractivity contribution >= 4 is 33.8 Å². The molecular formula is C22H17ClF3N3O2S. The molecule has 10 heteroatoms. The average Bonchev–Trinajstić information content (AvgIpc) is 3.33. The van der Waals surface area contributed by atoms with Crippen molar-refractivity contribution in [1.29, 1.82) is 0 Å². The number of imidazole rings is 1. The number of nitrogens with one attached hydrogen (secondary N) is 1. The molecule has 4 aromatic rings. The quantitative estimate of drug-likeness (QED) is 0.357. The number of amides is 1. The van der Waals surface area contributed by atoms with Crippen LogP contribution in [0.25, 0.3) is 16.2 Å². The van der Waals surface area contributed by atoms with E-state index in [0.29, 0.717) is 5.02 Å². The third kappa shape index (κ3) is 5.23. The van der Waals surface area contributed by atoms with Gasteiger partial charge in [0.2, 0.25) is 5.91 Å². The average molecular weight is 480 g/mol. The summed E-state index contributed by atoms with van der Waals surface area (Å²) in [5.74, 6) is -0.124. The van der Waals surface area contributed by atoms with Gasteiger partial charge in [0.1, 0.15) is 12.4 Å². The molecule has 0 aliphatic carbocycles. The lowest BCUT2D eigenvalue weighted by Crippen LogP contribution is -2.29. The molecule has 2 aromatic heterocycles. The van der Waals surface area contributed by atoms with Crippen LogP contribution in [0.2, 0.25) is 5.02 Å². The lowest BCUT2D eigenvalue weighted by molar-refractivity contribution is -0.137. The van der Waals surface area contributed by atoms with Crippen molar-refractivity contribution in [3.63, 3.8) is 0 Å². The maximum Gasteiger partial charge on any atom is 0.416 e. The van der Waals surface area contributed by atoms with E-state index in [1.54, 1.807) is 12.1 Å². The van der Waals surface area contributed by atoms with E-state index in [0.717, 1.165) is 34.0 Å². The molecule has 0 fully saturated rings. The Labute approximate surface area is 190 Å². The molecule has 1 amide bonds. The minimum absolute atomic E-state index is 0.0535. The maximum absolute atomic E-state index is 12.7. The van der Waals surface area contributed by atoms with Gasteiger partial charge in [-0.2, -0.15) is 13.2 Å². The SMILES string of the molecule is O=C(Cc1csc2nc(-c3ccc(Cl)cc3)cn12)NCCOc1cccc(C(F)(F)F)c1. The molecular weight excluding hydrogens is 463 g/mol. The molecule has 0 unspecified atom stereocenters. The standard InChI is InChI=1S/C22H17ClF3N3O2S/c23-16-6-4-14(5-7-16)19-12-29-17(13-32-21(29)28-19)11-20(30)27-8-9-31-18-3-1-2-15(10-18)22(24,25)26/h1-7,10,12-13H,8-9,11H2,(H,27,30). The number of thiazole rings is 1. The van der Waals surface area contributed by atoms with E-state index >= 15 is 0 Å².